The van der Waals surface area contributed by atoms with E-state index in [0.29, 0.717) is 10.8 Å². The number of hydrazone groups is 1. The molecule has 0 radical (unpaired) electrons. The molecule has 1 aromatic heterocycles. The maximum absolute atomic E-state index is 12.1. The van der Waals surface area contributed by atoms with Gasteiger partial charge in [-0.1, -0.05) is 23.5 Å². The van der Waals surface area contributed by atoms with Crippen molar-refractivity contribution < 1.29 is 13.5 Å². The Labute approximate surface area is 135 Å². The van der Waals surface area contributed by atoms with Crippen molar-refractivity contribution in [2.24, 2.45) is 5.10 Å². The number of ether oxygens (including phenoxy) is 1. The third-order valence-electron chi connectivity index (χ3n) is 3.11. The fourth-order valence-corrected chi connectivity index (χ4v) is 2.80. The molecule has 0 aliphatic heterocycles. The summed E-state index contributed by atoms with van der Waals surface area (Å²) in [5, 5.41) is 4.97. The van der Waals surface area contributed by atoms with Gasteiger partial charge < -0.3 is 4.74 Å². The quantitative estimate of drug-likeness (QED) is 0.542. The Morgan fingerprint density at radius 2 is 1.91 bits per heavy atom. The summed E-state index contributed by atoms with van der Waals surface area (Å²) in [5.74, 6) is 0.121. The molecule has 4 nitrogen and oxygen atoms in total. The normalized spacial score (nSPS) is 11.9. The van der Waals surface area contributed by atoms with Crippen LogP contribution in [0.15, 0.2) is 53.6 Å². The van der Waals surface area contributed by atoms with Gasteiger partial charge >= 0.3 is 6.61 Å². The van der Waals surface area contributed by atoms with Gasteiger partial charge in [0.25, 0.3) is 0 Å². The van der Waals surface area contributed by atoms with Crippen molar-refractivity contribution in [1.82, 2.24) is 4.98 Å². The van der Waals surface area contributed by atoms with Crippen LogP contribution in [0.3, 0.4) is 0 Å². The van der Waals surface area contributed by atoms with Crippen LogP contribution in [0.1, 0.15) is 12.5 Å². The van der Waals surface area contributed by atoms with Gasteiger partial charge in [-0.2, -0.15) is 13.9 Å². The van der Waals surface area contributed by atoms with E-state index in [9.17, 15) is 8.78 Å². The fraction of sp³-hybridized carbons (Fsp3) is 0.125. The van der Waals surface area contributed by atoms with Gasteiger partial charge in [0.1, 0.15) is 5.75 Å². The van der Waals surface area contributed by atoms with Crippen molar-refractivity contribution in [2.75, 3.05) is 5.43 Å². The summed E-state index contributed by atoms with van der Waals surface area (Å²) in [6.45, 7) is -1.00. The fourth-order valence-electron chi connectivity index (χ4n) is 1.99. The molecule has 0 amide bonds. The van der Waals surface area contributed by atoms with E-state index in [1.165, 1.54) is 23.5 Å². The zero-order chi connectivity index (χ0) is 16.2. The minimum atomic E-state index is -2.82. The molecule has 23 heavy (non-hydrogen) atoms. The molecular weight excluding hydrogens is 320 g/mol. The number of hydrogen-bond acceptors (Lipinski definition) is 5. The average Bonchev–Trinajstić information content (AvgIpc) is 2.95. The van der Waals surface area contributed by atoms with Crippen LogP contribution >= 0.6 is 11.3 Å². The van der Waals surface area contributed by atoms with E-state index in [0.717, 1.165) is 15.8 Å². The number of rotatable bonds is 5. The van der Waals surface area contributed by atoms with E-state index in [2.05, 4.69) is 20.2 Å². The van der Waals surface area contributed by atoms with Crippen molar-refractivity contribution >= 4 is 32.4 Å². The molecule has 1 N–H and O–H groups in total. The highest BCUT2D eigenvalue weighted by Gasteiger charge is 2.05. The second-order valence-electron chi connectivity index (χ2n) is 4.70. The molecule has 2 aromatic carbocycles. The van der Waals surface area contributed by atoms with Gasteiger partial charge in [0, 0.05) is 0 Å². The Kier molecular flexibility index (Phi) is 4.47. The molecule has 7 heteroatoms. The summed E-state index contributed by atoms with van der Waals surface area (Å²) in [6, 6.07) is 14.2. The Balaban J connectivity index is 1.71. The summed E-state index contributed by atoms with van der Waals surface area (Å²) >= 11 is 1.51. The lowest BCUT2D eigenvalue weighted by Crippen LogP contribution is -2.03. The molecule has 3 aromatic rings. The first-order chi connectivity index (χ1) is 11.1. The van der Waals surface area contributed by atoms with E-state index in [1.54, 1.807) is 12.1 Å². The number of aromatic nitrogens is 1. The number of halogens is 2. The molecular formula is C16H13F2N3OS. The highest BCUT2D eigenvalue weighted by molar-refractivity contribution is 7.22. The minimum Gasteiger partial charge on any atom is -0.435 e. The smallest absolute Gasteiger partial charge is 0.387 e. The SMILES string of the molecule is C/C(=N\Nc1nc2ccccc2s1)c1ccc(OC(F)F)cc1. The lowest BCUT2D eigenvalue weighted by molar-refractivity contribution is -0.0498. The van der Waals surface area contributed by atoms with Gasteiger partial charge in [-0.3, -0.25) is 5.43 Å². The van der Waals surface area contributed by atoms with Crippen molar-refractivity contribution in [3.05, 3.63) is 54.1 Å². The zero-order valence-electron chi connectivity index (χ0n) is 12.2. The first kappa shape index (κ1) is 15.4. The van der Waals surface area contributed by atoms with Crippen molar-refractivity contribution in [2.45, 2.75) is 13.5 Å². The molecule has 0 spiro atoms. The minimum absolute atomic E-state index is 0.121. The van der Waals surface area contributed by atoms with Gasteiger partial charge in [-0.15, -0.1) is 0 Å². The number of anilines is 1. The van der Waals surface area contributed by atoms with Gasteiger partial charge in [-0.05, 0) is 48.9 Å². The Morgan fingerprint density at radius 3 is 2.61 bits per heavy atom. The van der Waals surface area contributed by atoms with E-state index in [1.807, 2.05) is 31.2 Å². The van der Waals surface area contributed by atoms with E-state index < -0.39 is 6.61 Å². The number of fused-ring (bicyclic) bond motifs is 1. The van der Waals surface area contributed by atoms with Crippen molar-refractivity contribution in [1.29, 1.82) is 0 Å². The topological polar surface area (TPSA) is 46.5 Å². The predicted octanol–water partition coefficient (Wildman–Crippen LogP) is 4.73. The molecule has 118 valence electrons. The molecule has 0 saturated heterocycles. The van der Waals surface area contributed by atoms with Crippen LogP contribution in [-0.4, -0.2) is 17.3 Å². The summed E-state index contributed by atoms with van der Waals surface area (Å²) in [4.78, 5) is 4.42. The standard InChI is InChI=1S/C16H13F2N3OS/c1-10(11-6-8-12(9-7-11)22-15(17)18)20-21-16-19-13-4-2-3-5-14(13)23-16/h2-9,15H,1H3,(H,19,21)/b20-10+. The van der Waals surface area contributed by atoms with Gasteiger partial charge in [0.2, 0.25) is 5.13 Å². The van der Waals surface area contributed by atoms with Gasteiger partial charge in [-0.25, -0.2) is 4.98 Å². The number of nitrogens with zero attached hydrogens (tertiary/aromatic N) is 2. The second-order valence-corrected chi connectivity index (χ2v) is 5.73. The number of alkyl halides is 2. The molecule has 0 aliphatic carbocycles. The van der Waals surface area contributed by atoms with E-state index in [4.69, 9.17) is 0 Å². The Hall–Kier alpha value is -2.54. The van der Waals surface area contributed by atoms with Crippen LogP contribution in [0.2, 0.25) is 0 Å². The third-order valence-corrected chi connectivity index (χ3v) is 4.05. The molecule has 1 heterocycles. The summed E-state index contributed by atoms with van der Waals surface area (Å²) in [5.41, 5.74) is 5.36. The molecule has 0 unspecified atom stereocenters. The predicted molar refractivity (Wildman–Crippen MR) is 88.5 cm³/mol. The van der Waals surface area contributed by atoms with Gasteiger partial charge in [0.15, 0.2) is 0 Å². The Morgan fingerprint density at radius 1 is 1.17 bits per heavy atom. The lowest BCUT2D eigenvalue weighted by Gasteiger charge is -2.05. The Bertz CT molecular complexity index is 798. The second kappa shape index (κ2) is 6.70. The van der Waals surface area contributed by atoms with E-state index in [-0.39, 0.29) is 5.75 Å². The molecule has 0 aliphatic rings. The monoisotopic (exact) mass is 333 g/mol. The maximum Gasteiger partial charge on any atom is 0.387 e. The molecule has 0 saturated carbocycles. The number of para-hydroxylation sites is 1. The van der Waals surface area contributed by atoms with Crippen LogP contribution in [0, 0.1) is 0 Å². The first-order valence-electron chi connectivity index (χ1n) is 6.83. The van der Waals surface area contributed by atoms with Crippen molar-refractivity contribution in [3.63, 3.8) is 0 Å². The van der Waals surface area contributed by atoms with Crippen molar-refractivity contribution in [3.8, 4) is 5.75 Å². The highest BCUT2D eigenvalue weighted by atomic mass is 32.1. The average molecular weight is 333 g/mol. The summed E-state index contributed by atoms with van der Waals surface area (Å²) < 4.78 is 29.6. The lowest BCUT2D eigenvalue weighted by atomic mass is 10.1. The van der Waals surface area contributed by atoms with Crippen LogP contribution in [-0.2, 0) is 0 Å². The highest BCUT2D eigenvalue weighted by Crippen LogP contribution is 2.25. The number of nitrogens with one attached hydrogen (secondary N) is 1. The van der Waals surface area contributed by atoms with Crippen LogP contribution in [0.25, 0.3) is 10.2 Å². The summed E-state index contributed by atoms with van der Waals surface area (Å²) in [7, 11) is 0. The molecule has 0 atom stereocenters. The molecule has 3 rings (SSSR count). The molecule has 0 bridgehead atoms. The zero-order valence-corrected chi connectivity index (χ0v) is 13.0. The van der Waals surface area contributed by atoms with Gasteiger partial charge in [0.05, 0.1) is 15.9 Å². The summed E-state index contributed by atoms with van der Waals surface area (Å²) in [6.07, 6.45) is 0. The number of hydrogen-bond donors (Lipinski definition) is 1. The number of thiazole rings is 1. The van der Waals surface area contributed by atoms with Crippen LogP contribution in [0.4, 0.5) is 13.9 Å². The maximum atomic E-state index is 12.1. The third kappa shape index (κ3) is 3.81. The molecule has 0 fully saturated rings. The number of benzene rings is 2. The largest absolute Gasteiger partial charge is 0.435 e. The van der Waals surface area contributed by atoms with E-state index >= 15 is 0 Å². The van der Waals surface area contributed by atoms with Crippen LogP contribution in [0.5, 0.6) is 5.75 Å². The first-order valence-corrected chi connectivity index (χ1v) is 7.64. The van der Waals surface area contributed by atoms with Crippen LogP contribution < -0.4 is 10.2 Å².